The van der Waals surface area contributed by atoms with Crippen molar-refractivity contribution >= 4 is 0 Å². The van der Waals surface area contributed by atoms with Gasteiger partial charge in [0, 0.05) is 17.7 Å². The number of aliphatic hydroxyl groups excluding tert-OH is 1. The van der Waals surface area contributed by atoms with Crippen LogP contribution in [0.5, 0.6) is 0 Å². The summed E-state index contributed by atoms with van der Waals surface area (Å²) in [5, 5.41) is 13.1. The van der Waals surface area contributed by atoms with Gasteiger partial charge in [-0.2, -0.15) is 26.3 Å². The fourth-order valence-corrected chi connectivity index (χ4v) is 3.00. The van der Waals surface area contributed by atoms with E-state index in [0.29, 0.717) is 25.8 Å². The van der Waals surface area contributed by atoms with Crippen molar-refractivity contribution in [3.05, 3.63) is 53.2 Å². The maximum absolute atomic E-state index is 13.5. The van der Waals surface area contributed by atoms with Crippen molar-refractivity contribution in [2.75, 3.05) is 19.8 Å². The quantitative estimate of drug-likeness (QED) is 0.347. The van der Waals surface area contributed by atoms with Crippen LogP contribution in [-0.2, 0) is 12.4 Å². The Bertz CT molecular complexity index is 820. The second-order valence-corrected chi connectivity index (χ2v) is 7.03. The molecule has 3 nitrogen and oxygen atoms in total. The number of aromatic nitrogens is 1. The SMILES string of the molecule is OC(CNCCCCCCF)c1ccc(-c2ccc(C(F)(F)F)cc2)nc1C(F)(F)F. The van der Waals surface area contributed by atoms with Gasteiger partial charge in [-0.3, -0.25) is 4.39 Å². The Kier molecular flexibility index (Phi) is 8.81. The van der Waals surface area contributed by atoms with Gasteiger partial charge in [0.15, 0.2) is 5.69 Å². The third-order valence-electron chi connectivity index (χ3n) is 4.64. The molecule has 0 bridgehead atoms. The molecule has 2 rings (SSSR count). The van der Waals surface area contributed by atoms with Crippen molar-refractivity contribution in [3.63, 3.8) is 0 Å². The van der Waals surface area contributed by atoms with E-state index in [4.69, 9.17) is 0 Å². The first-order chi connectivity index (χ1) is 14.5. The number of unbranched alkanes of at least 4 members (excludes halogenated alkanes) is 3. The maximum Gasteiger partial charge on any atom is 0.433 e. The molecule has 0 saturated carbocycles. The highest BCUT2D eigenvalue weighted by atomic mass is 19.4. The smallest absolute Gasteiger partial charge is 0.387 e. The molecule has 1 unspecified atom stereocenters. The van der Waals surface area contributed by atoms with Gasteiger partial charge in [0.25, 0.3) is 0 Å². The van der Waals surface area contributed by atoms with Crippen molar-refractivity contribution < 1.29 is 35.8 Å². The monoisotopic (exact) mass is 452 g/mol. The number of hydrogen-bond acceptors (Lipinski definition) is 3. The average Bonchev–Trinajstić information content (AvgIpc) is 2.71. The summed E-state index contributed by atoms with van der Waals surface area (Å²) in [5.74, 6) is 0. The summed E-state index contributed by atoms with van der Waals surface area (Å²) in [6.07, 6.45) is -8.24. The fraction of sp³-hybridized carbons (Fsp3) is 0.476. The zero-order valence-corrected chi connectivity index (χ0v) is 16.5. The molecule has 0 saturated heterocycles. The highest BCUT2D eigenvalue weighted by Crippen LogP contribution is 2.36. The van der Waals surface area contributed by atoms with E-state index in [0.717, 1.165) is 36.8 Å². The van der Waals surface area contributed by atoms with E-state index in [9.17, 15) is 35.8 Å². The number of halogens is 7. The minimum atomic E-state index is -4.86. The number of alkyl halides is 7. The van der Waals surface area contributed by atoms with Crippen LogP contribution in [0.25, 0.3) is 11.3 Å². The van der Waals surface area contributed by atoms with Crippen LogP contribution in [0.3, 0.4) is 0 Å². The lowest BCUT2D eigenvalue weighted by atomic mass is 10.0. The molecular formula is C21H23F7N2O. The first kappa shape index (κ1) is 25.1. The zero-order chi connectivity index (χ0) is 23.1. The number of rotatable bonds is 10. The molecule has 1 heterocycles. The van der Waals surface area contributed by atoms with Crippen molar-refractivity contribution in [2.24, 2.45) is 0 Å². The summed E-state index contributed by atoms with van der Waals surface area (Å²) >= 11 is 0. The Hall–Kier alpha value is -2.20. The Morgan fingerprint density at radius 1 is 0.839 bits per heavy atom. The van der Waals surface area contributed by atoms with E-state index >= 15 is 0 Å². The van der Waals surface area contributed by atoms with Gasteiger partial charge in [0.1, 0.15) is 0 Å². The molecule has 2 aromatic rings. The van der Waals surface area contributed by atoms with Crippen LogP contribution in [0.2, 0.25) is 0 Å². The van der Waals surface area contributed by atoms with Gasteiger partial charge in [-0.15, -0.1) is 0 Å². The van der Waals surface area contributed by atoms with Gasteiger partial charge < -0.3 is 10.4 Å². The van der Waals surface area contributed by atoms with Crippen molar-refractivity contribution in [2.45, 2.75) is 44.1 Å². The van der Waals surface area contributed by atoms with Crippen LogP contribution >= 0.6 is 0 Å². The van der Waals surface area contributed by atoms with Gasteiger partial charge in [-0.1, -0.05) is 31.0 Å². The van der Waals surface area contributed by atoms with Gasteiger partial charge in [-0.25, -0.2) is 4.98 Å². The van der Waals surface area contributed by atoms with E-state index in [2.05, 4.69) is 10.3 Å². The second-order valence-electron chi connectivity index (χ2n) is 7.03. The number of aliphatic hydroxyl groups is 1. The molecule has 0 spiro atoms. The van der Waals surface area contributed by atoms with Gasteiger partial charge in [0.2, 0.25) is 0 Å². The minimum Gasteiger partial charge on any atom is -0.387 e. The minimum absolute atomic E-state index is 0.0888. The molecule has 1 aromatic heterocycles. The first-order valence-corrected chi connectivity index (χ1v) is 9.74. The normalized spacial score (nSPS) is 13.4. The van der Waals surface area contributed by atoms with Crippen molar-refractivity contribution in [1.29, 1.82) is 0 Å². The Balaban J connectivity index is 2.13. The third-order valence-corrected chi connectivity index (χ3v) is 4.64. The largest absolute Gasteiger partial charge is 0.433 e. The molecule has 31 heavy (non-hydrogen) atoms. The first-order valence-electron chi connectivity index (χ1n) is 9.74. The van der Waals surface area contributed by atoms with E-state index in [-0.39, 0.29) is 24.5 Å². The number of pyridine rings is 1. The average molecular weight is 452 g/mol. The van der Waals surface area contributed by atoms with Crippen LogP contribution in [0.1, 0.15) is 48.6 Å². The molecule has 0 aliphatic rings. The number of nitrogens with zero attached hydrogens (tertiary/aromatic N) is 1. The number of benzene rings is 1. The van der Waals surface area contributed by atoms with Gasteiger partial charge in [0.05, 0.1) is 24.0 Å². The molecule has 0 fully saturated rings. The number of hydrogen-bond donors (Lipinski definition) is 2. The van der Waals surface area contributed by atoms with Crippen molar-refractivity contribution in [3.8, 4) is 11.3 Å². The molecular weight excluding hydrogens is 429 g/mol. The van der Waals surface area contributed by atoms with Crippen molar-refractivity contribution in [1.82, 2.24) is 10.3 Å². The fourth-order valence-electron chi connectivity index (χ4n) is 3.00. The second kappa shape index (κ2) is 10.9. The Labute approximate surface area is 175 Å². The molecule has 0 aliphatic heterocycles. The van der Waals surface area contributed by atoms with Crippen LogP contribution < -0.4 is 5.32 Å². The highest BCUT2D eigenvalue weighted by Gasteiger charge is 2.37. The van der Waals surface area contributed by atoms with Crippen LogP contribution in [0, 0.1) is 0 Å². The summed E-state index contributed by atoms with van der Waals surface area (Å²) in [4.78, 5) is 3.58. The lowest BCUT2D eigenvalue weighted by Gasteiger charge is -2.18. The summed E-state index contributed by atoms with van der Waals surface area (Å²) in [6, 6.07) is 5.94. The summed E-state index contributed by atoms with van der Waals surface area (Å²) in [5.41, 5.74) is -2.70. The molecule has 1 atom stereocenters. The summed E-state index contributed by atoms with van der Waals surface area (Å²) in [6.45, 7) is -0.0584. The lowest BCUT2D eigenvalue weighted by Crippen LogP contribution is -2.25. The van der Waals surface area contributed by atoms with Crippen LogP contribution in [0.4, 0.5) is 30.7 Å². The van der Waals surface area contributed by atoms with E-state index in [1.165, 1.54) is 6.07 Å². The Morgan fingerprint density at radius 2 is 1.48 bits per heavy atom. The van der Waals surface area contributed by atoms with Gasteiger partial charge >= 0.3 is 12.4 Å². The van der Waals surface area contributed by atoms with E-state index in [1.807, 2.05) is 0 Å². The molecule has 172 valence electrons. The highest BCUT2D eigenvalue weighted by molar-refractivity contribution is 5.60. The van der Waals surface area contributed by atoms with Gasteiger partial charge in [-0.05, 0) is 37.6 Å². The third kappa shape index (κ3) is 7.46. The van der Waals surface area contributed by atoms with Crippen LogP contribution in [0.15, 0.2) is 36.4 Å². The van der Waals surface area contributed by atoms with Crippen LogP contribution in [-0.4, -0.2) is 29.9 Å². The standard InChI is InChI=1S/C21H23F7N2O/c22-11-3-1-2-4-12-29-13-18(31)16-9-10-17(30-19(16)21(26,27)28)14-5-7-15(8-6-14)20(23,24)25/h5-10,18,29,31H,1-4,11-13H2. The summed E-state index contributed by atoms with van der Waals surface area (Å²) < 4.78 is 90.6. The number of nitrogens with one attached hydrogen (secondary N) is 1. The topological polar surface area (TPSA) is 45.1 Å². The predicted molar refractivity (Wildman–Crippen MR) is 102 cm³/mol. The Morgan fingerprint density at radius 3 is 2.06 bits per heavy atom. The molecule has 0 radical (unpaired) electrons. The zero-order valence-electron chi connectivity index (χ0n) is 16.5. The van der Waals surface area contributed by atoms with E-state index < -0.39 is 35.3 Å². The molecule has 10 heteroatoms. The molecule has 0 aliphatic carbocycles. The van der Waals surface area contributed by atoms with E-state index in [1.54, 1.807) is 0 Å². The lowest BCUT2D eigenvalue weighted by molar-refractivity contribution is -0.142. The molecule has 1 aromatic carbocycles. The molecule has 2 N–H and O–H groups in total. The summed E-state index contributed by atoms with van der Waals surface area (Å²) in [7, 11) is 0. The molecule has 0 amide bonds. The maximum atomic E-state index is 13.5. The predicted octanol–water partition coefficient (Wildman–Crippen LogP) is 5.94.